The zero-order valence-electron chi connectivity index (χ0n) is 14.1. The zero-order valence-corrected chi connectivity index (χ0v) is 14.8. The van der Waals surface area contributed by atoms with Crippen molar-refractivity contribution in [2.75, 3.05) is 14.1 Å². The van der Waals surface area contributed by atoms with Crippen molar-refractivity contribution >= 4 is 23.2 Å². The molecule has 0 bridgehead atoms. The van der Waals surface area contributed by atoms with Crippen LogP contribution >= 0.6 is 11.6 Å². The fourth-order valence-corrected chi connectivity index (χ4v) is 2.64. The van der Waals surface area contributed by atoms with Crippen LogP contribution in [0, 0.1) is 11.7 Å². The summed E-state index contributed by atoms with van der Waals surface area (Å²) >= 11 is 6.07. The molecule has 2 rings (SSSR count). The molecule has 0 N–H and O–H groups in total. The molecule has 0 saturated carbocycles. The summed E-state index contributed by atoms with van der Waals surface area (Å²) in [7, 11) is 3.54. The minimum atomic E-state index is -1.03. The molecule has 0 aliphatic heterocycles. The van der Waals surface area contributed by atoms with Gasteiger partial charge in [-0.2, -0.15) is 0 Å². The molecule has 2 aromatic carbocycles. The summed E-state index contributed by atoms with van der Waals surface area (Å²) in [6, 6.07) is 12.8. The Labute approximate surface area is 151 Å². The predicted molar refractivity (Wildman–Crippen MR) is 97.2 cm³/mol. The molecule has 0 spiro atoms. The molecule has 0 radical (unpaired) electrons. The first-order valence-corrected chi connectivity index (χ1v) is 8.18. The van der Waals surface area contributed by atoms with Crippen LogP contribution in [-0.4, -0.2) is 30.6 Å². The van der Waals surface area contributed by atoms with E-state index in [4.69, 9.17) is 11.6 Å². The number of allylic oxidation sites excluding steroid dienone is 1. The van der Waals surface area contributed by atoms with Gasteiger partial charge in [0.15, 0.2) is 11.6 Å². The second-order valence-corrected chi connectivity index (χ2v) is 6.28. The largest absolute Gasteiger partial charge is 0.383 e. The van der Waals surface area contributed by atoms with Gasteiger partial charge < -0.3 is 4.90 Å². The molecule has 0 amide bonds. The average molecular weight is 360 g/mol. The molecule has 3 nitrogen and oxygen atoms in total. The van der Waals surface area contributed by atoms with Crippen LogP contribution in [-0.2, 0) is 11.2 Å². The number of carbonyl (C=O) groups excluding carboxylic acids is 2. The minimum Gasteiger partial charge on any atom is -0.383 e. The normalized spacial score (nSPS) is 12.2. The third-order valence-corrected chi connectivity index (χ3v) is 4.08. The number of nitrogens with zero attached hydrogens (tertiary/aromatic N) is 1. The lowest BCUT2D eigenvalue weighted by atomic mass is 9.87. The van der Waals surface area contributed by atoms with E-state index in [0.717, 1.165) is 0 Å². The summed E-state index contributed by atoms with van der Waals surface area (Å²) in [5.74, 6) is -2.30. The first-order chi connectivity index (χ1) is 11.9. The van der Waals surface area contributed by atoms with Gasteiger partial charge in [0.05, 0.1) is 5.92 Å². The maximum Gasteiger partial charge on any atom is 0.174 e. The Bertz CT molecular complexity index is 767. The highest BCUT2D eigenvalue weighted by atomic mass is 35.5. The Morgan fingerprint density at radius 2 is 1.80 bits per heavy atom. The standard InChI is InChI=1S/C20H19ClFNO2/c1-23(2)12-11-19(24)16(20(25)14-7-4-3-5-8-14)13-15-17(21)9-6-10-18(15)22/h3-12,16H,13H2,1-2H3. The quantitative estimate of drug-likeness (QED) is 0.423. The number of benzene rings is 2. The Morgan fingerprint density at radius 3 is 2.40 bits per heavy atom. The van der Waals surface area contributed by atoms with E-state index >= 15 is 0 Å². The van der Waals surface area contributed by atoms with Crippen LogP contribution in [0.1, 0.15) is 15.9 Å². The SMILES string of the molecule is CN(C)C=CC(=O)C(Cc1c(F)cccc1Cl)C(=O)c1ccccc1. The summed E-state index contributed by atoms with van der Waals surface area (Å²) in [6.07, 6.45) is 2.81. The second kappa shape index (κ2) is 8.58. The maximum atomic E-state index is 14.1. The van der Waals surface area contributed by atoms with Crippen molar-refractivity contribution in [3.8, 4) is 0 Å². The fourth-order valence-electron chi connectivity index (χ4n) is 2.40. The molecule has 130 valence electrons. The third-order valence-electron chi connectivity index (χ3n) is 3.73. The Kier molecular flexibility index (Phi) is 6.48. The van der Waals surface area contributed by atoms with Crippen LogP contribution < -0.4 is 0 Å². The van der Waals surface area contributed by atoms with Gasteiger partial charge in [-0.25, -0.2) is 4.39 Å². The van der Waals surface area contributed by atoms with E-state index in [1.54, 1.807) is 61.6 Å². The molecule has 5 heteroatoms. The summed E-state index contributed by atoms with van der Waals surface area (Å²) in [5, 5.41) is 0.204. The first-order valence-electron chi connectivity index (χ1n) is 7.80. The maximum absolute atomic E-state index is 14.1. The van der Waals surface area contributed by atoms with E-state index in [1.165, 1.54) is 18.2 Å². The molecule has 2 aromatic rings. The number of Topliss-reactive ketones (excluding diaryl/α,β-unsaturated/α-hetero) is 1. The molecular formula is C20H19ClFNO2. The summed E-state index contributed by atoms with van der Waals surface area (Å²) in [5.41, 5.74) is 0.580. The van der Waals surface area contributed by atoms with Gasteiger partial charge in [-0.1, -0.05) is 48.0 Å². The van der Waals surface area contributed by atoms with E-state index in [-0.39, 0.29) is 28.6 Å². The molecule has 0 saturated heterocycles. The van der Waals surface area contributed by atoms with Gasteiger partial charge >= 0.3 is 0 Å². The number of halogens is 2. The zero-order chi connectivity index (χ0) is 18.4. The Morgan fingerprint density at radius 1 is 1.12 bits per heavy atom. The highest BCUT2D eigenvalue weighted by Gasteiger charge is 2.28. The van der Waals surface area contributed by atoms with Crippen molar-refractivity contribution < 1.29 is 14.0 Å². The molecule has 1 unspecified atom stereocenters. The van der Waals surface area contributed by atoms with Crippen LogP contribution in [0.2, 0.25) is 5.02 Å². The highest BCUT2D eigenvalue weighted by Crippen LogP contribution is 2.25. The van der Waals surface area contributed by atoms with Crippen molar-refractivity contribution in [1.29, 1.82) is 0 Å². The first kappa shape index (κ1) is 18.9. The van der Waals surface area contributed by atoms with Crippen LogP contribution in [0.25, 0.3) is 0 Å². The number of rotatable bonds is 7. The van der Waals surface area contributed by atoms with Gasteiger partial charge in [0.2, 0.25) is 0 Å². The van der Waals surface area contributed by atoms with Crippen molar-refractivity contribution in [2.24, 2.45) is 5.92 Å². The van der Waals surface area contributed by atoms with Crippen LogP contribution in [0.3, 0.4) is 0 Å². The van der Waals surface area contributed by atoms with Gasteiger partial charge in [-0.05, 0) is 24.6 Å². The number of hydrogen-bond acceptors (Lipinski definition) is 3. The van der Waals surface area contributed by atoms with Crippen molar-refractivity contribution in [3.63, 3.8) is 0 Å². The second-order valence-electron chi connectivity index (χ2n) is 5.87. The smallest absolute Gasteiger partial charge is 0.174 e. The third kappa shape index (κ3) is 5.00. The Balaban J connectivity index is 2.38. The predicted octanol–water partition coefficient (Wildman–Crippen LogP) is 4.17. The number of ketones is 2. The lowest BCUT2D eigenvalue weighted by molar-refractivity contribution is -0.116. The van der Waals surface area contributed by atoms with Crippen LogP contribution in [0.4, 0.5) is 4.39 Å². The van der Waals surface area contributed by atoms with Crippen molar-refractivity contribution in [2.45, 2.75) is 6.42 Å². The van der Waals surface area contributed by atoms with E-state index < -0.39 is 11.7 Å². The number of carbonyl (C=O) groups is 2. The molecule has 0 aliphatic rings. The molecule has 25 heavy (non-hydrogen) atoms. The average Bonchev–Trinajstić information content (AvgIpc) is 2.59. The molecule has 0 fully saturated rings. The van der Waals surface area contributed by atoms with Gasteiger partial charge in [-0.15, -0.1) is 0 Å². The van der Waals surface area contributed by atoms with Gasteiger partial charge in [0, 0.05) is 36.4 Å². The Hall–Kier alpha value is -2.46. The fraction of sp³-hybridized carbons (Fsp3) is 0.200. The lowest BCUT2D eigenvalue weighted by Crippen LogP contribution is -2.26. The van der Waals surface area contributed by atoms with Crippen LogP contribution in [0.15, 0.2) is 60.8 Å². The molecule has 0 aromatic heterocycles. The summed E-state index contributed by atoms with van der Waals surface area (Å²) in [4.78, 5) is 27.1. The summed E-state index contributed by atoms with van der Waals surface area (Å²) < 4.78 is 14.1. The van der Waals surface area contributed by atoms with Crippen LogP contribution in [0.5, 0.6) is 0 Å². The minimum absolute atomic E-state index is 0.0875. The molecular weight excluding hydrogens is 341 g/mol. The van der Waals surface area contributed by atoms with Crippen molar-refractivity contribution in [3.05, 3.63) is 82.8 Å². The summed E-state index contributed by atoms with van der Waals surface area (Å²) in [6.45, 7) is 0. The highest BCUT2D eigenvalue weighted by molar-refractivity contribution is 6.31. The topological polar surface area (TPSA) is 37.4 Å². The molecule has 1 atom stereocenters. The van der Waals surface area contributed by atoms with E-state index in [1.807, 2.05) is 0 Å². The number of hydrogen-bond donors (Lipinski definition) is 0. The monoisotopic (exact) mass is 359 g/mol. The van der Waals surface area contributed by atoms with Gasteiger partial charge in [0.1, 0.15) is 5.82 Å². The molecule has 0 heterocycles. The lowest BCUT2D eigenvalue weighted by Gasteiger charge is -2.15. The van der Waals surface area contributed by atoms with E-state index in [0.29, 0.717) is 5.56 Å². The molecule has 0 aliphatic carbocycles. The van der Waals surface area contributed by atoms with Crippen molar-refractivity contribution in [1.82, 2.24) is 4.90 Å². The van der Waals surface area contributed by atoms with Gasteiger partial charge in [0.25, 0.3) is 0 Å². The van der Waals surface area contributed by atoms with Gasteiger partial charge in [-0.3, -0.25) is 9.59 Å². The van der Waals surface area contributed by atoms with E-state index in [2.05, 4.69) is 0 Å². The van der Waals surface area contributed by atoms with E-state index in [9.17, 15) is 14.0 Å².